The van der Waals surface area contributed by atoms with E-state index in [0.717, 1.165) is 48.1 Å². The van der Waals surface area contributed by atoms with Gasteiger partial charge in [0.25, 0.3) is 0 Å². The van der Waals surface area contributed by atoms with Crippen LogP contribution in [-0.2, 0) is 6.54 Å². The number of rotatable bonds is 5. The molecule has 0 aliphatic carbocycles. The van der Waals surface area contributed by atoms with Gasteiger partial charge in [-0.3, -0.25) is 0 Å². The van der Waals surface area contributed by atoms with Crippen LogP contribution in [0.2, 0.25) is 0 Å². The summed E-state index contributed by atoms with van der Waals surface area (Å²) in [6.45, 7) is 12.5. The lowest BCUT2D eigenvalue weighted by atomic mass is 10.1. The van der Waals surface area contributed by atoms with Gasteiger partial charge in [0.1, 0.15) is 29.3 Å². The second kappa shape index (κ2) is 7.90. The van der Waals surface area contributed by atoms with Gasteiger partial charge in [0.2, 0.25) is 0 Å². The Morgan fingerprint density at radius 1 is 0.967 bits per heavy atom. The summed E-state index contributed by atoms with van der Waals surface area (Å²) in [5, 5.41) is 0. The van der Waals surface area contributed by atoms with Crippen molar-refractivity contribution in [1.29, 1.82) is 0 Å². The van der Waals surface area contributed by atoms with Crippen molar-refractivity contribution < 1.29 is 4.39 Å². The summed E-state index contributed by atoms with van der Waals surface area (Å²) in [4.78, 5) is 8.94. The molecular formula is C25H29FN4. The number of hydrogen-bond donors (Lipinski definition) is 0. The van der Waals surface area contributed by atoms with Crippen molar-refractivity contribution >= 4 is 0 Å². The summed E-state index contributed by atoms with van der Waals surface area (Å²) in [5.74, 6) is 1.77. The van der Waals surface area contributed by atoms with E-state index in [1.54, 1.807) is 0 Å². The molecule has 2 aromatic carbocycles. The fourth-order valence-corrected chi connectivity index (χ4v) is 4.49. The molecule has 2 aromatic rings. The van der Waals surface area contributed by atoms with Crippen molar-refractivity contribution in [3.63, 3.8) is 0 Å². The fourth-order valence-electron chi connectivity index (χ4n) is 4.49. The zero-order valence-electron chi connectivity index (χ0n) is 18.0. The van der Waals surface area contributed by atoms with Crippen LogP contribution >= 0.6 is 0 Å². The average molecular weight is 405 g/mol. The van der Waals surface area contributed by atoms with Crippen LogP contribution in [0.1, 0.15) is 30.6 Å². The molecule has 0 aromatic heterocycles. The van der Waals surface area contributed by atoms with Gasteiger partial charge in [-0.2, -0.15) is 0 Å². The molecule has 0 N–H and O–H groups in total. The summed E-state index contributed by atoms with van der Waals surface area (Å²) in [6.07, 6.45) is 0.939. The summed E-state index contributed by atoms with van der Waals surface area (Å²) in [6, 6.07) is 17.2. The molecule has 0 fully saturated rings. The predicted molar refractivity (Wildman–Crippen MR) is 119 cm³/mol. The minimum Gasteiger partial charge on any atom is -0.338 e. The first-order chi connectivity index (χ1) is 14.4. The first kappa shape index (κ1) is 20.1. The highest BCUT2D eigenvalue weighted by atomic mass is 19.1. The lowest BCUT2D eigenvalue weighted by Crippen LogP contribution is -2.40. The number of benzene rings is 2. The molecule has 5 heteroatoms. The van der Waals surface area contributed by atoms with Crippen molar-refractivity contribution in [2.45, 2.75) is 26.1 Å². The zero-order valence-corrected chi connectivity index (χ0v) is 18.0. The van der Waals surface area contributed by atoms with Gasteiger partial charge >= 0.3 is 0 Å². The van der Waals surface area contributed by atoms with Crippen molar-refractivity contribution in [2.24, 2.45) is 0 Å². The maximum absolute atomic E-state index is 13.6. The zero-order chi connectivity index (χ0) is 21.4. The van der Waals surface area contributed by atoms with Gasteiger partial charge in [0.15, 0.2) is 0 Å². The molecule has 0 saturated heterocycles. The van der Waals surface area contributed by atoms with Crippen LogP contribution in [0.15, 0.2) is 90.8 Å². The molecule has 2 heterocycles. The highest BCUT2D eigenvalue weighted by Gasteiger charge is 2.44. The number of hydrogen-bond acceptors (Lipinski definition) is 4. The van der Waals surface area contributed by atoms with E-state index in [0.29, 0.717) is 0 Å². The van der Waals surface area contributed by atoms with Crippen LogP contribution in [0.5, 0.6) is 0 Å². The molecule has 2 aliphatic rings. The normalized spacial score (nSPS) is 19.1. The first-order valence-corrected chi connectivity index (χ1v) is 10.4. The Morgan fingerprint density at radius 2 is 1.63 bits per heavy atom. The van der Waals surface area contributed by atoms with E-state index in [4.69, 9.17) is 0 Å². The monoisotopic (exact) mass is 404 g/mol. The molecule has 0 spiro atoms. The predicted octanol–water partition coefficient (Wildman–Crippen LogP) is 5.08. The molecule has 1 atom stereocenters. The summed E-state index contributed by atoms with van der Waals surface area (Å²) in [7, 11) is 4.14. The van der Waals surface area contributed by atoms with Crippen molar-refractivity contribution in [3.05, 3.63) is 108 Å². The largest absolute Gasteiger partial charge is 0.338 e. The van der Waals surface area contributed by atoms with Crippen LogP contribution in [0.3, 0.4) is 0 Å². The van der Waals surface area contributed by atoms with E-state index in [1.807, 2.05) is 18.2 Å². The van der Waals surface area contributed by atoms with Gasteiger partial charge in [0.05, 0.1) is 5.70 Å². The molecule has 4 rings (SSSR count). The van der Waals surface area contributed by atoms with Gasteiger partial charge in [-0.25, -0.2) is 4.39 Å². The number of nitrogens with zero attached hydrogens (tertiary/aromatic N) is 4. The molecule has 2 aliphatic heterocycles. The van der Waals surface area contributed by atoms with Crippen LogP contribution in [-0.4, -0.2) is 40.2 Å². The molecule has 0 saturated carbocycles. The minimum absolute atomic E-state index is 0.0654. The lowest BCUT2D eigenvalue weighted by Gasteiger charge is -2.41. The van der Waals surface area contributed by atoms with Crippen molar-refractivity contribution in [3.8, 4) is 0 Å². The second-order valence-corrected chi connectivity index (χ2v) is 7.90. The van der Waals surface area contributed by atoms with Crippen LogP contribution < -0.4 is 0 Å². The molecule has 0 bridgehead atoms. The van der Waals surface area contributed by atoms with Crippen molar-refractivity contribution in [1.82, 2.24) is 19.6 Å². The van der Waals surface area contributed by atoms with Gasteiger partial charge in [0, 0.05) is 27.2 Å². The molecular weight excluding hydrogens is 375 g/mol. The summed E-state index contributed by atoms with van der Waals surface area (Å²) in [5.41, 5.74) is 4.31. The molecule has 1 unspecified atom stereocenters. The third kappa shape index (κ3) is 3.24. The van der Waals surface area contributed by atoms with Gasteiger partial charge in [-0.15, -0.1) is 0 Å². The second-order valence-electron chi connectivity index (χ2n) is 7.90. The summed E-state index contributed by atoms with van der Waals surface area (Å²) >= 11 is 0. The molecule has 0 radical (unpaired) electrons. The van der Waals surface area contributed by atoms with E-state index in [-0.39, 0.29) is 12.0 Å². The first-order valence-electron chi connectivity index (χ1n) is 10.4. The van der Waals surface area contributed by atoms with Crippen LogP contribution in [0, 0.1) is 5.82 Å². The molecule has 156 valence electrons. The Hall–Kier alpha value is -3.21. The van der Waals surface area contributed by atoms with Gasteiger partial charge < -0.3 is 19.6 Å². The maximum atomic E-state index is 13.6. The Bertz CT molecular complexity index is 980. The SMILES string of the molecule is C=C1C2=C(N(C)C(=C)N1CCC)N(C)C(c1ccc(F)cc1)N2Cc1ccccc1. The lowest BCUT2D eigenvalue weighted by molar-refractivity contribution is 0.145. The smallest absolute Gasteiger partial charge is 0.137 e. The Labute approximate surface area is 178 Å². The highest BCUT2D eigenvalue weighted by molar-refractivity contribution is 5.43. The fraction of sp³-hybridized carbons (Fsp3) is 0.280. The minimum atomic E-state index is -0.226. The van der Waals surface area contributed by atoms with E-state index < -0.39 is 0 Å². The van der Waals surface area contributed by atoms with Gasteiger partial charge in [-0.1, -0.05) is 62.5 Å². The third-order valence-corrected chi connectivity index (χ3v) is 5.92. The Balaban J connectivity index is 1.82. The van der Waals surface area contributed by atoms with E-state index in [2.05, 4.69) is 78.0 Å². The number of halogens is 1. The molecule has 30 heavy (non-hydrogen) atoms. The van der Waals surface area contributed by atoms with E-state index in [9.17, 15) is 4.39 Å². The van der Waals surface area contributed by atoms with Crippen LogP contribution in [0.4, 0.5) is 4.39 Å². The molecule has 4 nitrogen and oxygen atoms in total. The Kier molecular flexibility index (Phi) is 5.29. The Morgan fingerprint density at radius 3 is 2.27 bits per heavy atom. The average Bonchev–Trinajstić information content (AvgIpc) is 3.03. The molecule has 0 amide bonds. The van der Waals surface area contributed by atoms with Gasteiger partial charge in [-0.05, 0) is 29.7 Å². The highest BCUT2D eigenvalue weighted by Crippen LogP contribution is 2.47. The van der Waals surface area contributed by atoms with E-state index >= 15 is 0 Å². The maximum Gasteiger partial charge on any atom is 0.137 e. The van der Waals surface area contributed by atoms with Crippen LogP contribution in [0.25, 0.3) is 0 Å². The quantitative estimate of drug-likeness (QED) is 0.689. The summed E-state index contributed by atoms with van der Waals surface area (Å²) < 4.78 is 13.6. The topological polar surface area (TPSA) is 13.0 Å². The standard InChI is InChI=1S/C25H29FN4/c1-6-16-29-18(2)23-25(27(4)19(29)3)28(5)24(21-12-14-22(26)15-13-21)30(23)17-20-10-8-7-9-11-20/h7-15,24H,2-3,6,16-17H2,1,4-5H3. The van der Waals surface area contributed by atoms with Crippen molar-refractivity contribution in [2.75, 3.05) is 20.6 Å². The van der Waals surface area contributed by atoms with E-state index in [1.165, 1.54) is 17.7 Å². The third-order valence-electron chi connectivity index (χ3n) is 5.92.